The lowest BCUT2D eigenvalue weighted by Crippen LogP contribution is -2.22. The SMILES string of the molecule is COc1cccc(C(CN)S(=O)(=O)c2ccccc2)c1. The second-order valence-electron chi connectivity index (χ2n) is 4.36. The van der Waals surface area contributed by atoms with Gasteiger partial charge in [-0.05, 0) is 29.8 Å². The molecule has 20 heavy (non-hydrogen) atoms. The Morgan fingerprint density at radius 1 is 1.10 bits per heavy atom. The van der Waals surface area contributed by atoms with Gasteiger partial charge in [0.05, 0.1) is 12.0 Å². The topological polar surface area (TPSA) is 69.4 Å². The average molecular weight is 291 g/mol. The minimum absolute atomic E-state index is 0.0182. The number of nitrogens with two attached hydrogens (primary N) is 1. The zero-order valence-corrected chi connectivity index (χ0v) is 12.0. The Morgan fingerprint density at radius 2 is 1.80 bits per heavy atom. The lowest BCUT2D eigenvalue weighted by molar-refractivity contribution is 0.414. The molecule has 0 aliphatic rings. The largest absolute Gasteiger partial charge is 0.497 e. The van der Waals surface area contributed by atoms with Crippen LogP contribution in [0.15, 0.2) is 59.5 Å². The molecular weight excluding hydrogens is 274 g/mol. The van der Waals surface area contributed by atoms with Gasteiger partial charge in [0.1, 0.15) is 11.0 Å². The molecule has 0 saturated heterocycles. The fourth-order valence-electron chi connectivity index (χ4n) is 2.06. The van der Waals surface area contributed by atoms with Gasteiger partial charge < -0.3 is 10.5 Å². The molecule has 2 aromatic carbocycles. The van der Waals surface area contributed by atoms with E-state index in [4.69, 9.17) is 10.5 Å². The fraction of sp³-hybridized carbons (Fsp3) is 0.200. The molecule has 1 unspecified atom stereocenters. The van der Waals surface area contributed by atoms with Crippen LogP contribution in [0.1, 0.15) is 10.8 Å². The van der Waals surface area contributed by atoms with Crippen LogP contribution in [-0.4, -0.2) is 22.1 Å². The molecule has 0 saturated carbocycles. The van der Waals surface area contributed by atoms with Crippen molar-refractivity contribution in [2.45, 2.75) is 10.1 Å². The van der Waals surface area contributed by atoms with Crippen molar-refractivity contribution in [1.29, 1.82) is 0 Å². The molecule has 0 aliphatic heterocycles. The van der Waals surface area contributed by atoms with Gasteiger partial charge >= 0.3 is 0 Å². The maximum Gasteiger partial charge on any atom is 0.186 e. The van der Waals surface area contributed by atoms with Gasteiger partial charge in [-0.2, -0.15) is 0 Å². The van der Waals surface area contributed by atoms with Crippen LogP contribution < -0.4 is 10.5 Å². The standard InChI is InChI=1S/C15H17NO3S/c1-19-13-7-5-6-12(10-13)15(11-16)20(17,18)14-8-3-2-4-9-14/h2-10,15H,11,16H2,1H3. The van der Waals surface area contributed by atoms with E-state index in [2.05, 4.69) is 0 Å². The Morgan fingerprint density at radius 3 is 2.40 bits per heavy atom. The molecule has 0 radical (unpaired) electrons. The summed E-state index contributed by atoms with van der Waals surface area (Å²) in [7, 11) is -1.97. The summed E-state index contributed by atoms with van der Waals surface area (Å²) in [5.74, 6) is 0.615. The molecule has 0 bridgehead atoms. The predicted octanol–water partition coefficient (Wildman–Crippen LogP) is 2.17. The van der Waals surface area contributed by atoms with Crippen molar-refractivity contribution in [2.75, 3.05) is 13.7 Å². The first-order valence-corrected chi connectivity index (χ1v) is 7.77. The van der Waals surface area contributed by atoms with Crippen molar-refractivity contribution in [3.63, 3.8) is 0 Å². The van der Waals surface area contributed by atoms with E-state index in [-0.39, 0.29) is 11.4 Å². The lowest BCUT2D eigenvalue weighted by Gasteiger charge is -2.17. The van der Waals surface area contributed by atoms with Crippen LogP contribution in [0.5, 0.6) is 5.75 Å². The summed E-state index contributed by atoms with van der Waals surface area (Å²) < 4.78 is 30.4. The number of hydrogen-bond acceptors (Lipinski definition) is 4. The molecule has 4 nitrogen and oxygen atoms in total. The van der Waals surface area contributed by atoms with E-state index in [1.807, 2.05) is 0 Å². The number of methoxy groups -OCH3 is 1. The van der Waals surface area contributed by atoms with Crippen LogP contribution >= 0.6 is 0 Å². The molecule has 5 heteroatoms. The van der Waals surface area contributed by atoms with Gasteiger partial charge in [0.15, 0.2) is 9.84 Å². The molecular formula is C15H17NO3S. The lowest BCUT2D eigenvalue weighted by atomic mass is 10.1. The zero-order valence-electron chi connectivity index (χ0n) is 11.2. The van der Waals surface area contributed by atoms with Crippen molar-refractivity contribution in [3.8, 4) is 5.75 Å². The highest BCUT2D eigenvalue weighted by molar-refractivity contribution is 7.91. The fourth-order valence-corrected chi connectivity index (χ4v) is 3.68. The molecule has 0 heterocycles. The van der Waals surface area contributed by atoms with E-state index in [9.17, 15) is 8.42 Å². The number of sulfone groups is 1. The van der Waals surface area contributed by atoms with Crippen molar-refractivity contribution in [3.05, 3.63) is 60.2 Å². The molecule has 2 N–H and O–H groups in total. The summed E-state index contributed by atoms with van der Waals surface area (Å²) >= 11 is 0. The van der Waals surface area contributed by atoms with Gasteiger partial charge in [-0.15, -0.1) is 0 Å². The quantitative estimate of drug-likeness (QED) is 0.916. The average Bonchev–Trinajstić information content (AvgIpc) is 2.49. The van der Waals surface area contributed by atoms with Crippen LogP contribution in [0.2, 0.25) is 0 Å². The van der Waals surface area contributed by atoms with Gasteiger partial charge in [0, 0.05) is 6.54 Å². The monoisotopic (exact) mass is 291 g/mol. The Kier molecular flexibility index (Phi) is 4.42. The van der Waals surface area contributed by atoms with Crippen LogP contribution in [0, 0.1) is 0 Å². The molecule has 2 rings (SSSR count). The first kappa shape index (κ1) is 14.6. The highest BCUT2D eigenvalue weighted by Gasteiger charge is 2.27. The predicted molar refractivity (Wildman–Crippen MR) is 78.4 cm³/mol. The minimum atomic E-state index is -3.51. The van der Waals surface area contributed by atoms with Crippen molar-refractivity contribution >= 4 is 9.84 Å². The molecule has 106 valence electrons. The third kappa shape index (κ3) is 2.84. The Labute approximate surface area is 119 Å². The second-order valence-corrected chi connectivity index (χ2v) is 6.49. The van der Waals surface area contributed by atoms with Crippen molar-refractivity contribution in [2.24, 2.45) is 5.73 Å². The normalized spacial score (nSPS) is 12.9. The molecule has 2 aromatic rings. The number of hydrogen-bond donors (Lipinski definition) is 1. The zero-order chi connectivity index (χ0) is 14.6. The molecule has 0 fully saturated rings. The second kappa shape index (κ2) is 6.07. The highest BCUT2D eigenvalue weighted by atomic mass is 32.2. The molecule has 0 spiro atoms. The maximum absolute atomic E-state index is 12.6. The van der Waals surface area contributed by atoms with Crippen LogP contribution in [-0.2, 0) is 9.84 Å². The third-order valence-corrected chi connectivity index (χ3v) is 5.27. The number of benzene rings is 2. The summed E-state index contributed by atoms with van der Waals surface area (Å²) in [6, 6.07) is 15.3. The molecule has 0 aliphatic carbocycles. The van der Waals surface area contributed by atoms with Crippen molar-refractivity contribution < 1.29 is 13.2 Å². The van der Waals surface area contributed by atoms with E-state index in [1.165, 1.54) is 0 Å². The molecule has 0 amide bonds. The highest BCUT2D eigenvalue weighted by Crippen LogP contribution is 2.29. The van der Waals surface area contributed by atoms with Gasteiger partial charge in [-0.25, -0.2) is 8.42 Å². The van der Waals surface area contributed by atoms with Crippen LogP contribution in [0.3, 0.4) is 0 Å². The third-order valence-electron chi connectivity index (χ3n) is 3.13. The minimum Gasteiger partial charge on any atom is -0.497 e. The number of rotatable bonds is 5. The van der Waals surface area contributed by atoms with E-state index in [1.54, 1.807) is 61.7 Å². The van der Waals surface area contributed by atoms with E-state index < -0.39 is 15.1 Å². The van der Waals surface area contributed by atoms with Gasteiger partial charge in [-0.3, -0.25) is 0 Å². The smallest absolute Gasteiger partial charge is 0.186 e. The number of ether oxygens (including phenoxy) is 1. The van der Waals surface area contributed by atoms with Crippen LogP contribution in [0.4, 0.5) is 0 Å². The van der Waals surface area contributed by atoms with E-state index in [0.717, 1.165) is 0 Å². The molecule has 1 atom stereocenters. The summed E-state index contributed by atoms with van der Waals surface area (Å²) in [6.45, 7) is 0.0182. The Bertz CT molecular complexity index is 669. The Hall–Kier alpha value is -1.85. The van der Waals surface area contributed by atoms with E-state index >= 15 is 0 Å². The maximum atomic E-state index is 12.6. The van der Waals surface area contributed by atoms with Crippen molar-refractivity contribution in [1.82, 2.24) is 0 Å². The summed E-state index contributed by atoms with van der Waals surface area (Å²) in [6.07, 6.45) is 0. The van der Waals surface area contributed by atoms with Gasteiger partial charge in [0.2, 0.25) is 0 Å². The molecule has 0 aromatic heterocycles. The van der Waals surface area contributed by atoms with Gasteiger partial charge in [-0.1, -0.05) is 30.3 Å². The summed E-state index contributed by atoms with van der Waals surface area (Å²) in [4.78, 5) is 0.276. The Balaban J connectivity index is 2.46. The summed E-state index contributed by atoms with van der Waals surface area (Å²) in [5.41, 5.74) is 6.33. The van der Waals surface area contributed by atoms with E-state index in [0.29, 0.717) is 11.3 Å². The first-order chi connectivity index (χ1) is 9.59. The van der Waals surface area contributed by atoms with Gasteiger partial charge in [0.25, 0.3) is 0 Å². The first-order valence-electron chi connectivity index (χ1n) is 6.22. The van der Waals surface area contributed by atoms with Crippen LogP contribution in [0.25, 0.3) is 0 Å². The summed E-state index contributed by atoms with van der Waals surface area (Å²) in [5, 5.41) is -0.778.